The van der Waals surface area contributed by atoms with E-state index < -0.39 is 11.9 Å². The minimum absolute atomic E-state index is 0.0905. The molecule has 0 radical (unpaired) electrons. The number of carbonyl (C=O) groups is 2. The number of amides is 2. The number of rotatable bonds is 3. The summed E-state index contributed by atoms with van der Waals surface area (Å²) in [6, 6.07) is 4.14. The largest absolute Gasteiger partial charge is 0.440 e. The zero-order valence-electron chi connectivity index (χ0n) is 12.0. The molecule has 0 bridgehead atoms. The second-order valence-corrected chi connectivity index (χ2v) is 5.48. The third kappa shape index (κ3) is 2.85. The van der Waals surface area contributed by atoms with E-state index in [1.807, 2.05) is 0 Å². The molecule has 2 aromatic heterocycles. The van der Waals surface area contributed by atoms with Gasteiger partial charge in [0.1, 0.15) is 6.04 Å². The van der Waals surface area contributed by atoms with Crippen LogP contribution < -0.4 is 10.2 Å². The van der Waals surface area contributed by atoms with Crippen LogP contribution >= 0.6 is 11.6 Å². The number of anilines is 1. The van der Waals surface area contributed by atoms with Crippen LogP contribution in [0.15, 0.2) is 28.8 Å². The maximum absolute atomic E-state index is 12.5. The lowest BCUT2D eigenvalue weighted by molar-refractivity contribution is -0.121. The molecule has 7 nitrogen and oxygen atoms in total. The fourth-order valence-electron chi connectivity index (χ4n) is 2.45. The standard InChI is InChI=1S/C14H15ClN4O3/c1-18-8-6-12(17-18)19-7-2-3-9(14(19)21)16-13(20)10-4-5-11(15)22-10/h4-6,8-9H,2-3,7H2,1H3,(H,16,20)/t9-/m1/s1. The Morgan fingerprint density at radius 1 is 1.45 bits per heavy atom. The summed E-state index contributed by atoms with van der Waals surface area (Å²) in [6.45, 7) is 0.592. The molecule has 0 spiro atoms. The van der Waals surface area contributed by atoms with Gasteiger partial charge in [-0.05, 0) is 36.6 Å². The number of halogens is 1. The summed E-state index contributed by atoms with van der Waals surface area (Å²) in [5.74, 6) is 0.0596. The van der Waals surface area contributed by atoms with Crippen LogP contribution in [0, 0.1) is 0 Å². The molecule has 3 rings (SSSR count). The first kappa shape index (κ1) is 14.6. The number of aryl methyl sites for hydroxylation is 1. The number of piperidine rings is 1. The van der Waals surface area contributed by atoms with Crippen molar-refractivity contribution in [1.82, 2.24) is 15.1 Å². The molecule has 22 heavy (non-hydrogen) atoms. The normalized spacial score (nSPS) is 18.5. The number of nitrogens with one attached hydrogen (secondary N) is 1. The highest BCUT2D eigenvalue weighted by atomic mass is 35.5. The Morgan fingerprint density at radius 3 is 2.91 bits per heavy atom. The van der Waals surface area contributed by atoms with Crippen molar-refractivity contribution in [2.45, 2.75) is 18.9 Å². The molecule has 1 atom stereocenters. The van der Waals surface area contributed by atoms with E-state index in [4.69, 9.17) is 16.0 Å². The van der Waals surface area contributed by atoms with Gasteiger partial charge in [0, 0.05) is 25.9 Å². The van der Waals surface area contributed by atoms with Gasteiger partial charge in [-0.25, -0.2) is 0 Å². The average molecular weight is 323 g/mol. The molecule has 2 amide bonds. The number of hydrogen-bond donors (Lipinski definition) is 1. The zero-order chi connectivity index (χ0) is 15.7. The van der Waals surface area contributed by atoms with Crippen LogP contribution in [0.4, 0.5) is 5.82 Å². The van der Waals surface area contributed by atoms with Gasteiger partial charge in [0.15, 0.2) is 16.8 Å². The lowest BCUT2D eigenvalue weighted by atomic mass is 10.0. The predicted octanol–water partition coefficient (Wildman–Crippen LogP) is 1.59. The highest BCUT2D eigenvalue weighted by Crippen LogP contribution is 2.20. The van der Waals surface area contributed by atoms with Crippen molar-refractivity contribution in [3.63, 3.8) is 0 Å². The van der Waals surface area contributed by atoms with Crippen molar-refractivity contribution in [2.24, 2.45) is 7.05 Å². The monoisotopic (exact) mass is 322 g/mol. The van der Waals surface area contributed by atoms with Gasteiger partial charge in [-0.2, -0.15) is 5.10 Å². The maximum atomic E-state index is 12.5. The van der Waals surface area contributed by atoms with Crippen molar-refractivity contribution in [1.29, 1.82) is 0 Å². The highest BCUT2D eigenvalue weighted by molar-refractivity contribution is 6.29. The fraction of sp³-hybridized carbons (Fsp3) is 0.357. The van der Waals surface area contributed by atoms with Crippen molar-refractivity contribution in [2.75, 3.05) is 11.4 Å². The molecule has 3 heterocycles. The molecule has 1 aliphatic heterocycles. The van der Waals surface area contributed by atoms with E-state index in [1.54, 1.807) is 28.9 Å². The summed E-state index contributed by atoms with van der Waals surface area (Å²) < 4.78 is 6.68. The third-order valence-corrected chi connectivity index (χ3v) is 3.72. The molecular weight excluding hydrogens is 308 g/mol. The topological polar surface area (TPSA) is 80.4 Å². The molecular formula is C14H15ClN4O3. The zero-order valence-corrected chi connectivity index (χ0v) is 12.7. The van der Waals surface area contributed by atoms with Crippen LogP contribution in [-0.2, 0) is 11.8 Å². The smallest absolute Gasteiger partial charge is 0.287 e. The number of furan rings is 1. The van der Waals surface area contributed by atoms with Gasteiger partial charge in [-0.1, -0.05) is 0 Å². The average Bonchev–Trinajstić information content (AvgIpc) is 3.10. The minimum Gasteiger partial charge on any atom is -0.440 e. The Balaban J connectivity index is 1.71. The summed E-state index contributed by atoms with van der Waals surface area (Å²) in [6.07, 6.45) is 3.14. The van der Waals surface area contributed by atoms with E-state index in [9.17, 15) is 9.59 Å². The third-order valence-electron chi connectivity index (χ3n) is 3.52. The molecule has 1 N–H and O–H groups in total. The van der Waals surface area contributed by atoms with Crippen LogP contribution in [0.2, 0.25) is 5.22 Å². The number of hydrogen-bond acceptors (Lipinski definition) is 4. The van der Waals surface area contributed by atoms with Crippen LogP contribution in [-0.4, -0.2) is 34.2 Å². The Hall–Kier alpha value is -2.28. The fourth-order valence-corrected chi connectivity index (χ4v) is 2.60. The van der Waals surface area contributed by atoms with E-state index in [0.717, 1.165) is 6.42 Å². The van der Waals surface area contributed by atoms with Gasteiger partial charge in [0.05, 0.1) is 0 Å². The molecule has 8 heteroatoms. The first-order valence-electron chi connectivity index (χ1n) is 6.92. The molecule has 1 aliphatic rings. The lowest BCUT2D eigenvalue weighted by Gasteiger charge is -2.30. The van der Waals surface area contributed by atoms with Crippen LogP contribution in [0.5, 0.6) is 0 Å². The van der Waals surface area contributed by atoms with Crippen molar-refractivity contribution < 1.29 is 14.0 Å². The van der Waals surface area contributed by atoms with Crippen LogP contribution in [0.3, 0.4) is 0 Å². The molecule has 0 aromatic carbocycles. The minimum atomic E-state index is -0.591. The Morgan fingerprint density at radius 2 is 2.27 bits per heavy atom. The van der Waals surface area contributed by atoms with Gasteiger partial charge >= 0.3 is 0 Å². The molecule has 2 aromatic rings. The van der Waals surface area contributed by atoms with Crippen LogP contribution in [0.1, 0.15) is 23.4 Å². The molecule has 1 fully saturated rings. The Bertz CT molecular complexity index is 709. The molecule has 1 saturated heterocycles. The van der Waals surface area contributed by atoms with Gasteiger partial charge in [-0.3, -0.25) is 19.2 Å². The van der Waals surface area contributed by atoms with E-state index in [0.29, 0.717) is 18.8 Å². The van der Waals surface area contributed by atoms with E-state index in [2.05, 4.69) is 10.4 Å². The van der Waals surface area contributed by atoms with Gasteiger partial charge in [0.25, 0.3) is 11.8 Å². The lowest BCUT2D eigenvalue weighted by Crippen LogP contribution is -2.52. The second kappa shape index (κ2) is 5.84. The maximum Gasteiger partial charge on any atom is 0.287 e. The Labute approximate surface area is 131 Å². The number of aromatic nitrogens is 2. The predicted molar refractivity (Wildman–Crippen MR) is 79.8 cm³/mol. The van der Waals surface area contributed by atoms with E-state index >= 15 is 0 Å². The highest BCUT2D eigenvalue weighted by Gasteiger charge is 2.32. The van der Waals surface area contributed by atoms with Gasteiger partial charge in [-0.15, -0.1) is 0 Å². The number of nitrogens with zero attached hydrogens (tertiary/aromatic N) is 3. The Kier molecular flexibility index (Phi) is 3.89. The second-order valence-electron chi connectivity index (χ2n) is 5.11. The van der Waals surface area contributed by atoms with E-state index in [-0.39, 0.29) is 16.9 Å². The SMILES string of the molecule is Cn1ccc(N2CCC[C@@H](NC(=O)c3ccc(Cl)o3)C2=O)n1. The van der Waals surface area contributed by atoms with Crippen molar-refractivity contribution >= 4 is 29.2 Å². The summed E-state index contributed by atoms with van der Waals surface area (Å²) >= 11 is 5.65. The van der Waals surface area contributed by atoms with Gasteiger partial charge in [0.2, 0.25) is 0 Å². The van der Waals surface area contributed by atoms with Crippen LogP contribution in [0.25, 0.3) is 0 Å². The summed E-state index contributed by atoms with van der Waals surface area (Å²) in [7, 11) is 1.79. The first-order valence-corrected chi connectivity index (χ1v) is 7.29. The first-order chi connectivity index (χ1) is 10.5. The molecule has 116 valence electrons. The quantitative estimate of drug-likeness (QED) is 0.930. The molecule has 0 saturated carbocycles. The number of carbonyl (C=O) groups excluding carboxylic acids is 2. The van der Waals surface area contributed by atoms with Crippen molar-refractivity contribution in [3.05, 3.63) is 35.4 Å². The summed E-state index contributed by atoms with van der Waals surface area (Å²) in [5.41, 5.74) is 0. The summed E-state index contributed by atoms with van der Waals surface area (Å²) in [5, 5.41) is 7.06. The van der Waals surface area contributed by atoms with Gasteiger partial charge < -0.3 is 9.73 Å². The molecule has 0 aliphatic carbocycles. The van der Waals surface area contributed by atoms with Crippen molar-refractivity contribution in [3.8, 4) is 0 Å². The molecule has 0 unspecified atom stereocenters. The van der Waals surface area contributed by atoms with E-state index in [1.165, 1.54) is 12.1 Å². The summed E-state index contributed by atoms with van der Waals surface area (Å²) in [4.78, 5) is 26.2.